The fraction of sp³-hybridized carbons (Fsp3) is 0.591. The Kier molecular flexibility index (Phi) is 11.1. The zero-order valence-electron chi connectivity index (χ0n) is 20.2. The second kappa shape index (κ2) is 13.4. The minimum Gasteiger partial charge on any atom is -0.475 e. The Hall–Kier alpha value is -2.69. The van der Waals surface area contributed by atoms with Crippen LogP contribution in [0.1, 0.15) is 30.0 Å². The fourth-order valence-electron chi connectivity index (χ4n) is 3.87. The lowest BCUT2D eigenvalue weighted by atomic mass is 9.87. The van der Waals surface area contributed by atoms with E-state index < -0.39 is 24.3 Å². The molecule has 2 aliphatic heterocycles. The Labute approximate surface area is 217 Å². The van der Waals surface area contributed by atoms with Crippen molar-refractivity contribution in [2.45, 2.75) is 56.3 Å². The number of aromatic nitrogens is 1. The standard InChI is InChI=1S/C18H25N3O2S.2C2HF3O2/c1-20(12-16-3-2-9-22-16)15-11-18(23-14-15)4-7-21(8-5-18)13-17-19-6-10-24-17;2*3-2(4,5)1(6)7/h2-3,6,9-10,15H,4-5,7-8,11-14H2,1H3;2*(H,6,7). The highest BCUT2D eigenvalue weighted by molar-refractivity contribution is 7.09. The minimum atomic E-state index is -5.08. The number of hydrogen-bond donors (Lipinski definition) is 2. The van der Waals surface area contributed by atoms with Crippen molar-refractivity contribution in [2.75, 3.05) is 26.7 Å². The number of piperidine rings is 1. The van der Waals surface area contributed by atoms with Crippen molar-refractivity contribution in [1.82, 2.24) is 14.8 Å². The number of thiazole rings is 1. The molecule has 0 aliphatic carbocycles. The molecule has 0 aromatic carbocycles. The van der Waals surface area contributed by atoms with Crippen LogP contribution in [0, 0.1) is 0 Å². The average Bonchev–Trinajstić information content (AvgIpc) is 3.58. The van der Waals surface area contributed by atoms with E-state index >= 15 is 0 Å². The number of carboxylic acids is 2. The topological polar surface area (TPSA) is 116 Å². The van der Waals surface area contributed by atoms with Crippen LogP contribution in [0.2, 0.25) is 0 Å². The highest BCUT2D eigenvalue weighted by Crippen LogP contribution is 2.38. The number of aliphatic carboxylic acids is 2. The summed E-state index contributed by atoms with van der Waals surface area (Å²) >= 11 is 1.75. The van der Waals surface area contributed by atoms with Crippen LogP contribution in [-0.4, -0.2) is 87.7 Å². The van der Waals surface area contributed by atoms with Crippen molar-refractivity contribution in [3.8, 4) is 0 Å². The number of likely N-dealkylation sites (tertiary alicyclic amines) is 1. The summed E-state index contributed by atoms with van der Waals surface area (Å²) in [5.74, 6) is -4.49. The number of alkyl halides is 6. The normalized spacial score (nSPS) is 19.4. The molecule has 0 amide bonds. The van der Waals surface area contributed by atoms with Crippen molar-refractivity contribution in [2.24, 2.45) is 0 Å². The van der Waals surface area contributed by atoms with E-state index in [0.717, 1.165) is 57.8 Å². The van der Waals surface area contributed by atoms with E-state index in [1.54, 1.807) is 17.6 Å². The smallest absolute Gasteiger partial charge is 0.475 e. The molecule has 1 unspecified atom stereocenters. The Bertz CT molecular complexity index is 968. The number of nitrogens with zero attached hydrogens (tertiary/aromatic N) is 3. The molecule has 1 atom stereocenters. The molecule has 2 aromatic heterocycles. The third kappa shape index (κ3) is 10.2. The first kappa shape index (κ1) is 31.5. The first-order chi connectivity index (χ1) is 17.6. The molecule has 214 valence electrons. The lowest BCUT2D eigenvalue weighted by Gasteiger charge is -2.38. The Morgan fingerprint density at radius 2 is 1.74 bits per heavy atom. The van der Waals surface area contributed by atoms with Gasteiger partial charge >= 0.3 is 24.3 Å². The molecular formula is C22H27F6N3O6S. The first-order valence-electron chi connectivity index (χ1n) is 11.2. The van der Waals surface area contributed by atoms with E-state index in [9.17, 15) is 26.3 Å². The molecule has 9 nitrogen and oxygen atoms in total. The maximum absolute atomic E-state index is 10.6. The van der Waals surface area contributed by atoms with Gasteiger partial charge in [-0.05, 0) is 38.4 Å². The van der Waals surface area contributed by atoms with Crippen molar-refractivity contribution < 1.29 is 55.3 Å². The number of carbonyl (C=O) groups is 2. The van der Waals surface area contributed by atoms with Crippen molar-refractivity contribution in [3.63, 3.8) is 0 Å². The van der Waals surface area contributed by atoms with Crippen molar-refractivity contribution in [3.05, 3.63) is 40.7 Å². The number of furan rings is 1. The van der Waals surface area contributed by atoms with E-state index in [1.807, 2.05) is 18.3 Å². The molecule has 2 aliphatic rings. The largest absolute Gasteiger partial charge is 0.490 e. The number of halogens is 6. The highest BCUT2D eigenvalue weighted by atomic mass is 32.1. The van der Waals surface area contributed by atoms with Gasteiger partial charge in [0.05, 0.1) is 31.6 Å². The van der Waals surface area contributed by atoms with Crippen LogP contribution in [0.5, 0.6) is 0 Å². The van der Waals surface area contributed by atoms with Crippen molar-refractivity contribution in [1.29, 1.82) is 0 Å². The number of ether oxygens (including phenoxy) is 1. The van der Waals surface area contributed by atoms with Gasteiger partial charge in [0.15, 0.2) is 0 Å². The Morgan fingerprint density at radius 3 is 2.18 bits per heavy atom. The second-order valence-corrected chi connectivity index (χ2v) is 9.63. The van der Waals surface area contributed by atoms with Crippen LogP contribution in [0.25, 0.3) is 0 Å². The number of carboxylic acid groups (broad SMARTS) is 2. The van der Waals surface area contributed by atoms with Crippen LogP contribution < -0.4 is 0 Å². The van der Waals surface area contributed by atoms with Crippen LogP contribution in [0.3, 0.4) is 0 Å². The second-order valence-electron chi connectivity index (χ2n) is 8.65. The lowest BCUT2D eigenvalue weighted by molar-refractivity contribution is -0.193. The molecule has 0 saturated carbocycles. The maximum atomic E-state index is 10.6. The van der Waals surface area contributed by atoms with Gasteiger partial charge < -0.3 is 19.4 Å². The monoisotopic (exact) mass is 575 g/mol. The molecule has 1 spiro atoms. The molecule has 2 fully saturated rings. The summed E-state index contributed by atoms with van der Waals surface area (Å²) in [5.41, 5.74) is 0.0848. The molecule has 2 aromatic rings. The van der Waals surface area contributed by atoms with Gasteiger partial charge in [-0.25, -0.2) is 14.6 Å². The van der Waals surface area contributed by atoms with E-state index in [4.69, 9.17) is 29.0 Å². The van der Waals surface area contributed by atoms with E-state index in [-0.39, 0.29) is 5.60 Å². The van der Waals surface area contributed by atoms with Gasteiger partial charge in [0.25, 0.3) is 0 Å². The number of hydrogen-bond acceptors (Lipinski definition) is 8. The van der Waals surface area contributed by atoms with Crippen LogP contribution in [0.15, 0.2) is 34.4 Å². The predicted molar refractivity (Wildman–Crippen MR) is 121 cm³/mol. The van der Waals surface area contributed by atoms with Crippen LogP contribution in [-0.2, 0) is 27.4 Å². The summed E-state index contributed by atoms with van der Waals surface area (Å²) in [4.78, 5) is 27.1. The molecular weight excluding hydrogens is 548 g/mol. The summed E-state index contributed by atoms with van der Waals surface area (Å²) in [7, 11) is 2.17. The van der Waals surface area contributed by atoms with Crippen molar-refractivity contribution >= 4 is 23.3 Å². The predicted octanol–water partition coefficient (Wildman–Crippen LogP) is 4.26. The molecule has 0 bridgehead atoms. The summed E-state index contributed by atoms with van der Waals surface area (Å²) < 4.78 is 75.2. The highest BCUT2D eigenvalue weighted by Gasteiger charge is 2.44. The van der Waals surface area contributed by atoms with E-state index in [2.05, 4.69) is 27.2 Å². The molecule has 2 saturated heterocycles. The SMILES string of the molecule is CN(Cc1ccco1)C1COC2(CCN(Cc3nccs3)CC2)C1.O=C(O)C(F)(F)F.O=C(O)C(F)(F)F. The molecule has 0 radical (unpaired) electrons. The van der Waals surface area contributed by atoms with Crippen LogP contribution >= 0.6 is 11.3 Å². The average molecular weight is 576 g/mol. The van der Waals surface area contributed by atoms with Gasteiger partial charge in [-0.15, -0.1) is 11.3 Å². The number of likely N-dealkylation sites (N-methyl/N-ethyl adjacent to an activating group) is 1. The van der Waals surface area contributed by atoms with Gasteiger partial charge in [0, 0.05) is 30.7 Å². The number of rotatable bonds is 5. The van der Waals surface area contributed by atoms with Gasteiger partial charge in [0.2, 0.25) is 0 Å². The zero-order valence-corrected chi connectivity index (χ0v) is 21.0. The van der Waals surface area contributed by atoms with Gasteiger partial charge in [0.1, 0.15) is 10.8 Å². The third-order valence-corrected chi connectivity index (χ3v) is 6.66. The first-order valence-corrected chi connectivity index (χ1v) is 12.1. The molecule has 16 heteroatoms. The van der Waals surface area contributed by atoms with E-state index in [1.165, 1.54) is 5.01 Å². The van der Waals surface area contributed by atoms with Gasteiger partial charge in [-0.1, -0.05) is 0 Å². The van der Waals surface area contributed by atoms with E-state index in [0.29, 0.717) is 6.04 Å². The molecule has 2 N–H and O–H groups in total. The molecule has 4 rings (SSSR count). The summed E-state index contributed by atoms with van der Waals surface area (Å²) in [6, 6.07) is 4.48. The molecule has 4 heterocycles. The summed E-state index contributed by atoms with van der Waals surface area (Å²) in [6.45, 7) is 4.88. The Balaban J connectivity index is 0.000000301. The summed E-state index contributed by atoms with van der Waals surface area (Å²) in [6.07, 6.45) is -3.14. The quantitative estimate of drug-likeness (QED) is 0.505. The Morgan fingerprint density at radius 1 is 1.16 bits per heavy atom. The minimum absolute atomic E-state index is 0.0848. The van der Waals surface area contributed by atoms with Crippen LogP contribution in [0.4, 0.5) is 26.3 Å². The summed E-state index contributed by atoms with van der Waals surface area (Å²) in [5, 5.41) is 17.5. The maximum Gasteiger partial charge on any atom is 0.490 e. The fourth-order valence-corrected chi connectivity index (χ4v) is 4.53. The van der Waals surface area contributed by atoms with Gasteiger partial charge in [-0.3, -0.25) is 9.80 Å². The van der Waals surface area contributed by atoms with Gasteiger partial charge in [-0.2, -0.15) is 26.3 Å². The zero-order chi connectivity index (χ0) is 28.6. The third-order valence-electron chi connectivity index (χ3n) is 5.89. The molecule has 38 heavy (non-hydrogen) atoms. The lowest BCUT2D eigenvalue weighted by Crippen LogP contribution is -2.44.